The van der Waals surface area contributed by atoms with Gasteiger partial charge in [0, 0.05) is 12.8 Å². The number of esters is 1. The molecule has 0 aromatic carbocycles. The van der Waals surface area contributed by atoms with Crippen LogP contribution in [0.5, 0.6) is 0 Å². The number of hydrogen-bond acceptors (Lipinski definition) is 6. The molecular weight excluding hydrogens is 298 g/mol. The molecule has 1 aliphatic heterocycles. The summed E-state index contributed by atoms with van der Waals surface area (Å²) in [4.78, 5) is 12.9. The first kappa shape index (κ1) is 15.7. The molecule has 0 saturated carbocycles. The second-order valence-corrected chi connectivity index (χ2v) is 6.05. The first-order chi connectivity index (χ1) is 11.1. The van der Waals surface area contributed by atoms with Crippen molar-refractivity contribution >= 4 is 5.97 Å². The predicted molar refractivity (Wildman–Crippen MR) is 80.6 cm³/mol. The maximum absolute atomic E-state index is 11.5. The van der Waals surface area contributed by atoms with Gasteiger partial charge in [-0.2, -0.15) is 0 Å². The number of piperidine rings is 1. The van der Waals surface area contributed by atoms with Crippen molar-refractivity contribution in [1.29, 1.82) is 0 Å². The van der Waals surface area contributed by atoms with Gasteiger partial charge in [-0.05, 0) is 19.9 Å². The highest BCUT2D eigenvalue weighted by Gasteiger charge is 2.29. The van der Waals surface area contributed by atoms with Crippen LogP contribution >= 0.6 is 0 Å². The van der Waals surface area contributed by atoms with Crippen molar-refractivity contribution in [1.82, 2.24) is 10.2 Å². The van der Waals surface area contributed by atoms with Gasteiger partial charge in [-0.25, -0.2) is 0 Å². The lowest BCUT2D eigenvalue weighted by Gasteiger charge is -2.26. The van der Waals surface area contributed by atoms with E-state index in [2.05, 4.69) is 10.2 Å². The monoisotopic (exact) mass is 320 g/mol. The molecule has 2 aromatic heterocycles. The zero-order chi connectivity index (χ0) is 16.4. The van der Waals surface area contributed by atoms with Crippen molar-refractivity contribution in [3.05, 3.63) is 23.5 Å². The van der Waals surface area contributed by atoms with E-state index in [9.17, 15) is 4.79 Å². The largest absolute Gasteiger partial charge is 0.469 e. The highest BCUT2D eigenvalue weighted by Crippen LogP contribution is 2.25. The Kier molecular flexibility index (Phi) is 4.47. The lowest BCUT2D eigenvalue weighted by atomic mass is 9.97. The average Bonchev–Trinajstić information content (AvgIpc) is 3.13. The summed E-state index contributed by atoms with van der Waals surface area (Å²) in [6, 6.07) is 1.90. The number of ether oxygens (including phenoxy) is 1. The fraction of sp³-hybridized carbons (Fsp3) is 0.562. The number of quaternary nitrogens is 1. The van der Waals surface area contributed by atoms with Gasteiger partial charge in [0.1, 0.15) is 11.5 Å². The average molecular weight is 320 g/mol. The highest BCUT2D eigenvalue weighted by molar-refractivity contribution is 5.72. The summed E-state index contributed by atoms with van der Waals surface area (Å²) in [5, 5.41) is 8.25. The van der Waals surface area contributed by atoms with Crippen molar-refractivity contribution in [2.45, 2.75) is 33.2 Å². The Bertz CT molecular complexity index is 683. The van der Waals surface area contributed by atoms with Crippen LogP contribution in [0.25, 0.3) is 11.5 Å². The Morgan fingerprint density at radius 1 is 1.30 bits per heavy atom. The van der Waals surface area contributed by atoms with Crippen LogP contribution in [0.2, 0.25) is 0 Å². The highest BCUT2D eigenvalue weighted by atomic mass is 16.5. The van der Waals surface area contributed by atoms with E-state index in [4.69, 9.17) is 13.6 Å². The van der Waals surface area contributed by atoms with Crippen LogP contribution in [0.3, 0.4) is 0 Å². The quantitative estimate of drug-likeness (QED) is 0.843. The topological polar surface area (TPSA) is 82.8 Å². The molecule has 0 atom stereocenters. The molecule has 1 N–H and O–H groups in total. The van der Waals surface area contributed by atoms with E-state index in [0.29, 0.717) is 18.3 Å². The number of nitrogens with zero attached hydrogens (tertiary/aromatic N) is 2. The third-order valence-electron chi connectivity index (χ3n) is 4.37. The number of aromatic nitrogens is 2. The van der Waals surface area contributed by atoms with Crippen molar-refractivity contribution in [3.8, 4) is 11.5 Å². The molecule has 23 heavy (non-hydrogen) atoms. The number of likely N-dealkylation sites (tertiary alicyclic amines) is 1. The van der Waals surface area contributed by atoms with Crippen LogP contribution in [0, 0.1) is 19.8 Å². The SMILES string of the molecule is COC(=O)C1CC[NH+](Cc2nnc(-c3cc(C)oc3C)o2)CC1. The Morgan fingerprint density at radius 2 is 2.04 bits per heavy atom. The fourth-order valence-corrected chi connectivity index (χ4v) is 3.10. The Hall–Kier alpha value is -2.15. The summed E-state index contributed by atoms with van der Waals surface area (Å²) >= 11 is 0. The number of methoxy groups -OCH3 is 1. The van der Waals surface area contributed by atoms with Crippen LogP contribution in [-0.4, -0.2) is 36.4 Å². The molecule has 1 aliphatic rings. The van der Waals surface area contributed by atoms with Gasteiger partial charge in [0.05, 0.1) is 31.7 Å². The lowest BCUT2D eigenvalue weighted by Crippen LogP contribution is -3.11. The fourth-order valence-electron chi connectivity index (χ4n) is 3.10. The van der Waals surface area contributed by atoms with E-state index in [1.54, 1.807) is 0 Å². The minimum atomic E-state index is -0.102. The molecule has 3 rings (SSSR count). The van der Waals surface area contributed by atoms with Crippen molar-refractivity contribution in [2.75, 3.05) is 20.2 Å². The van der Waals surface area contributed by atoms with Crippen molar-refractivity contribution in [2.24, 2.45) is 5.92 Å². The minimum Gasteiger partial charge on any atom is -0.469 e. The van der Waals surface area contributed by atoms with Crippen molar-refractivity contribution in [3.63, 3.8) is 0 Å². The van der Waals surface area contributed by atoms with Gasteiger partial charge < -0.3 is 18.5 Å². The number of carbonyl (C=O) groups is 1. The number of furan rings is 1. The Labute approximate surface area is 134 Å². The molecule has 0 unspecified atom stereocenters. The predicted octanol–water partition coefficient (Wildman–Crippen LogP) is 0.914. The molecule has 3 heterocycles. The standard InChI is InChI=1S/C16H21N3O4/c1-10-8-13(11(2)22-10)15-18-17-14(23-15)9-19-6-4-12(5-7-19)16(20)21-3/h8,12H,4-7,9H2,1-3H3/p+1. The number of nitrogens with one attached hydrogen (secondary N) is 1. The maximum Gasteiger partial charge on any atom is 0.309 e. The summed E-state index contributed by atoms with van der Waals surface area (Å²) in [5.74, 6) is 2.65. The van der Waals surface area contributed by atoms with E-state index >= 15 is 0 Å². The molecule has 7 heteroatoms. The Morgan fingerprint density at radius 3 is 2.65 bits per heavy atom. The van der Waals surface area contributed by atoms with E-state index in [0.717, 1.165) is 43.0 Å². The molecule has 0 radical (unpaired) electrons. The molecule has 0 aliphatic carbocycles. The molecule has 7 nitrogen and oxygen atoms in total. The van der Waals surface area contributed by atoms with Gasteiger partial charge >= 0.3 is 5.97 Å². The van der Waals surface area contributed by atoms with Gasteiger partial charge in [-0.15, -0.1) is 10.2 Å². The molecular formula is C16H22N3O4+. The van der Waals surface area contributed by atoms with Crippen LogP contribution < -0.4 is 4.90 Å². The molecule has 1 fully saturated rings. The van der Waals surface area contributed by atoms with Gasteiger partial charge in [0.25, 0.3) is 11.8 Å². The van der Waals surface area contributed by atoms with Gasteiger partial charge in [-0.1, -0.05) is 0 Å². The third-order valence-corrected chi connectivity index (χ3v) is 4.37. The van der Waals surface area contributed by atoms with Crippen LogP contribution in [0.4, 0.5) is 0 Å². The summed E-state index contributed by atoms with van der Waals surface area (Å²) < 4.78 is 16.1. The molecule has 0 bridgehead atoms. The van der Waals surface area contributed by atoms with Crippen LogP contribution in [0.1, 0.15) is 30.3 Å². The summed E-state index contributed by atoms with van der Waals surface area (Å²) in [5.41, 5.74) is 0.848. The zero-order valence-electron chi connectivity index (χ0n) is 13.7. The van der Waals surface area contributed by atoms with E-state index in [-0.39, 0.29) is 11.9 Å². The normalized spacial score (nSPS) is 21.3. The number of hydrogen-bond donors (Lipinski definition) is 1. The van der Waals surface area contributed by atoms with E-state index in [1.807, 2.05) is 19.9 Å². The lowest BCUT2D eigenvalue weighted by molar-refractivity contribution is -0.920. The third kappa shape index (κ3) is 3.44. The minimum absolute atomic E-state index is 0.0264. The smallest absolute Gasteiger partial charge is 0.309 e. The second-order valence-electron chi connectivity index (χ2n) is 6.05. The first-order valence-electron chi connectivity index (χ1n) is 7.88. The van der Waals surface area contributed by atoms with Crippen LogP contribution in [0.15, 0.2) is 14.9 Å². The van der Waals surface area contributed by atoms with Gasteiger partial charge in [-0.3, -0.25) is 4.79 Å². The zero-order valence-corrected chi connectivity index (χ0v) is 13.7. The number of carbonyl (C=O) groups excluding carboxylic acids is 1. The molecule has 124 valence electrons. The summed E-state index contributed by atoms with van der Waals surface area (Å²) in [7, 11) is 1.45. The second kappa shape index (κ2) is 6.54. The number of rotatable bonds is 4. The maximum atomic E-state index is 11.5. The van der Waals surface area contributed by atoms with Gasteiger partial charge in [0.15, 0.2) is 6.54 Å². The summed E-state index contributed by atoms with van der Waals surface area (Å²) in [6.45, 7) is 6.26. The number of aryl methyl sites for hydroxylation is 2. The van der Waals surface area contributed by atoms with Crippen molar-refractivity contribution < 1.29 is 23.3 Å². The molecule has 2 aromatic rings. The molecule has 1 saturated heterocycles. The summed E-state index contributed by atoms with van der Waals surface area (Å²) in [6.07, 6.45) is 1.67. The Balaban J connectivity index is 1.60. The molecule has 0 spiro atoms. The van der Waals surface area contributed by atoms with Crippen LogP contribution in [-0.2, 0) is 16.1 Å². The van der Waals surface area contributed by atoms with E-state index in [1.165, 1.54) is 12.0 Å². The van der Waals surface area contributed by atoms with E-state index < -0.39 is 0 Å². The van der Waals surface area contributed by atoms with Gasteiger partial charge in [0.2, 0.25) is 0 Å². The first-order valence-corrected chi connectivity index (χ1v) is 7.88. The molecule has 0 amide bonds.